The minimum atomic E-state index is -4.95. The Morgan fingerprint density at radius 1 is 1.08 bits per heavy atom. The molecular weight excluding hydrogens is 549 g/mol. The Morgan fingerprint density at radius 2 is 1.76 bits per heavy atom. The number of amides is 1. The molecule has 198 valence electrons. The average molecular weight is 567 g/mol. The number of rotatable bonds is 2. The van der Waals surface area contributed by atoms with Gasteiger partial charge in [0.1, 0.15) is 11.5 Å². The summed E-state index contributed by atoms with van der Waals surface area (Å²) in [5, 5.41) is 2.51. The smallest absolute Gasteiger partial charge is 0.372 e. The van der Waals surface area contributed by atoms with E-state index in [4.69, 9.17) is 28.0 Å². The third kappa shape index (κ3) is 4.58. The van der Waals surface area contributed by atoms with Crippen LogP contribution < -0.4 is 0 Å². The molecule has 1 aromatic heterocycles. The Morgan fingerprint density at radius 3 is 2.41 bits per heavy atom. The summed E-state index contributed by atoms with van der Waals surface area (Å²) in [5.74, 6) is -4.69. The molecule has 0 bridgehead atoms. The number of fused-ring (bicyclic) bond motifs is 1. The van der Waals surface area contributed by atoms with Crippen molar-refractivity contribution in [3.05, 3.63) is 62.6 Å². The van der Waals surface area contributed by atoms with E-state index in [1.807, 2.05) is 0 Å². The number of carbonyl (C=O) groups excluding carboxylic acids is 1. The van der Waals surface area contributed by atoms with Crippen molar-refractivity contribution in [3.8, 4) is 0 Å². The highest BCUT2D eigenvalue weighted by molar-refractivity contribution is 6.35. The summed E-state index contributed by atoms with van der Waals surface area (Å²) >= 11 is 11.5. The number of nitrogens with zero attached hydrogens (tertiary/aromatic N) is 4. The molecular formula is C23H18Cl2F6N4O2. The lowest BCUT2D eigenvalue weighted by Crippen LogP contribution is -2.45. The summed E-state index contributed by atoms with van der Waals surface area (Å²) in [7, 11) is 0. The van der Waals surface area contributed by atoms with Gasteiger partial charge in [-0.05, 0) is 35.7 Å². The van der Waals surface area contributed by atoms with Crippen molar-refractivity contribution in [3.63, 3.8) is 0 Å². The maximum absolute atomic E-state index is 14.3. The van der Waals surface area contributed by atoms with E-state index in [0.29, 0.717) is 11.1 Å². The quantitative estimate of drug-likeness (QED) is 0.335. The van der Waals surface area contributed by atoms with Gasteiger partial charge in [-0.1, -0.05) is 28.4 Å². The number of amidine groups is 1. The highest BCUT2D eigenvalue weighted by Crippen LogP contribution is 2.50. The van der Waals surface area contributed by atoms with E-state index in [-0.39, 0.29) is 44.0 Å². The van der Waals surface area contributed by atoms with Crippen LogP contribution in [0.15, 0.2) is 29.6 Å². The van der Waals surface area contributed by atoms with Crippen molar-refractivity contribution in [2.45, 2.75) is 50.1 Å². The fourth-order valence-electron chi connectivity index (χ4n) is 4.73. The standard InChI is InChI=1S/C23H18Cl2F6N4O2/c24-15-5-14(6-16(25)19(15)26)22(23(29,30)31)7-18(33-37-22)35-9-12-4-17(32-8-13(12)10-35)20(36)34-3-1-2-21(27,28)11-34/h4-6,8H,1-3,7,9-11H2. The van der Waals surface area contributed by atoms with Gasteiger partial charge >= 0.3 is 6.18 Å². The van der Waals surface area contributed by atoms with E-state index < -0.39 is 58.0 Å². The molecule has 3 aliphatic heterocycles. The molecule has 0 saturated carbocycles. The lowest BCUT2D eigenvalue weighted by molar-refractivity contribution is -0.275. The van der Waals surface area contributed by atoms with Crippen molar-refractivity contribution in [2.24, 2.45) is 5.16 Å². The zero-order valence-corrected chi connectivity index (χ0v) is 20.4. The van der Waals surface area contributed by atoms with Crippen molar-refractivity contribution in [2.75, 3.05) is 13.1 Å². The van der Waals surface area contributed by atoms with Gasteiger partial charge in [0.2, 0.25) is 0 Å². The van der Waals surface area contributed by atoms with Gasteiger partial charge in [0, 0.05) is 37.8 Å². The predicted molar refractivity (Wildman–Crippen MR) is 121 cm³/mol. The number of pyridine rings is 1. The SMILES string of the molecule is O=C(c1cc2c(cn1)CN(C1=NOC(c3cc(Cl)c(F)c(Cl)c3)(C(F)(F)F)C1)C2)N1CCCC(F)(F)C1. The first-order valence-corrected chi connectivity index (χ1v) is 11.9. The minimum Gasteiger partial charge on any atom is -0.372 e. The van der Waals surface area contributed by atoms with Gasteiger partial charge in [-0.25, -0.2) is 13.2 Å². The normalized spacial score (nSPS) is 23.1. The summed E-state index contributed by atoms with van der Waals surface area (Å²) < 4.78 is 84.1. The molecule has 0 aliphatic carbocycles. The van der Waals surface area contributed by atoms with E-state index in [1.165, 1.54) is 17.2 Å². The Balaban J connectivity index is 1.35. The van der Waals surface area contributed by atoms with Crippen LogP contribution in [0.5, 0.6) is 0 Å². The van der Waals surface area contributed by atoms with Crippen LogP contribution in [0.4, 0.5) is 26.3 Å². The van der Waals surface area contributed by atoms with Crippen LogP contribution >= 0.6 is 23.2 Å². The zero-order valence-electron chi connectivity index (χ0n) is 18.9. The van der Waals surface area contributed by atoms with Crippen LogP contribution in [0.2, 0.25) is 10.0 Å². The summed E-state index contributed by atoms with van der Waals surface area (Å²) in [6.45, 7) is -0.277. The largest absolute Gasteiger partial charge is 0.435 e. The second-order valence-corrected chi connectivity index (χ2v) is 10.0. The Bertz CT molecular complexity index is 1280. The molecule has 1 atom stereocenters. The summed E-state index contributed by atoms with van der Waals surface area (Å²) in [5.41, 5.74) is -2.22. The summed E-state index contributed by atoms with van der Waals surface area (Å²) in [4.78, 5) is 24.4. The number of oxime groups is 1. The van der Waals surface area contributed by atoms with E-state index >= 15 is 0 Å². The molecule has 1 unspecified atom stereocenters. The molecule has 1 aromatic carbocycles. The lowest BCUT2D eigenvalue weighted by atomic mass is 9.89. The highest BCUT2D eigenvalue weighted by Gasteiger charge is 2.63. The predicted octanol–water partition coefficient (Wildman–Crippen LogP) is 5.91. The molecule has 1 amide bonds. The number of halogens is 8. The van der Waals surface area contributed by atoms with Gasteiger partial charge in [0.15, 0.2) is 5.82 Å². The van der Waals surface area contributed by atoms with Crippen molar-refractivity contribution in [1.29, 1.82) is 0 Å². The maximum Gasteiger partial charge on any atom is 0.435 e. The first-order valence-electron chi connectivity index (χ1n) is 11.2. The third-order valence-electron chi connectivity index (χ3n) is 6.69. The van der Waals surface area contributed by atoms with Crippen LogP contribution in [0.3, 0.4) is 0 Å². The third-order valence-corrected chi connectivity index (χ3v) is 7.24. The Kier molecular flexibility index (Phi) is 6.25. The molecule has 5 rings (SSSR count). The molecule has 1 fully saturated rings. The maximum atomic E-state index is 14.3. The van der Waals surface area contributed by atoms with Crippen molar-refractivity contribution >= 4 is 34.9 Å². The second kappa shape index (κ2) is 8.93. The Hall–Kier alpha value is -2.73. The fraction of sp³-hybridized carbons (Fsp3) is 0.435. The van der Waals surface area contributed by atoms with Gasteiger partial charge in [-0.2, -0.15) is 13.2 Å². The topological polar surface area (TPSA) is 58.0 Å². The summed E-state index contributed by atoms with van der Waals surface area (Å²) in [6.07, 6.45) is -4.40. The van der Waals surface area contributed by atoms with E-state index in [1.54, 1.807) is 0 Å². The first-order chi connectivity index (χ1) is 17.3. The molecule has 2 aromatic rings. The molecule has 0 N–H and O–H groups in total. The van der Waals surface area contributed by atoms with Crippen LogP contribution in [0.1, 0.15) is 46.4 Å². The zero-order chi connectivity index (χ0) is 26.8. The molecule has 37 heavy (non-hydrogen) atoms. The van der Waals surface area contributed by atoms with E-state index in [9.17, 15) is 31.1 Å². The minimum absolute atomic E-state index is 0.0249. The molecule has 0 spiro atoms. The molecule has 3 aliphatic rings. The van der Waals surface area contributed by atoms with Crippen molar-refractivity contribution < 1.29 is 36.0 Å². The second-order valence-electron chi connectivity index (χ2n) is 9.23. The van der Waals surface area contributed by atoms with Crippen molar-refractivity contribution in [1.82, 2.24) is 14.8 Å². The number of benzene rings is 1. The van der Waals surface area contributed by atoms with Crippen LogP contribution in [-0.4, -0.2) is 51.7 Å². The van der Waals surface area contributed by atoms with Crippen LogP contribution in [0.25, 0.3) is 0 Å². The monoisotopic (exact) mass is 566 g/mol. The van der Waals surface area contributed by atoms with Gasteiger partial charge in [-0.3, -0.25) is 9.78 Å². The number of hydrogen-bond donors (Lipinski definition) is 0. The van der Waals surface area contributed by atoms with Gasteiger partial charge in [0.25, 0.3) is 17.4 Å². The molecule has 0 radical (unpaired) electrons. The molecule has 1 saturated heterocycles. The van der Waals surface area contributed by atoms with E-state index in [0.717, 1.165) is 17.0 Å². The number of alkyl halides is 5. The lowest BCUT2D eigenvalue weighted by Gasteiger charge is -2.32. The number of hydrogen-bond acceptors (Lipinski definition) is 5. The summed E-state index contributed by atoms with van der Waals surface area (Å²) in [6, 6.07) is 3.07. The Labute approximate surface area is 216 Å². The molecule has 4 heterocycles. The molecule has 14 heteroatoms. The number of carbonyl (C=O) groups is 1. The average Bonchev–Trinajstić information content (AvgIpc) is 3.45. The molecule has 6 nitrogen and oxygen atoms in total. The van der Waals surface area contributed by atoms with Crippen LogP contribution in [-0.2, 0) is 23.5 Å². The van der Waals surface area contributed by atoms with Crippen LogP contribution in [0, 0.1) is 5.82 Å². The fourth-order valence-corrected chi connectivity index (χ4v) is 5.22. The first kappa shape index (κ1) is 25.9. The van der Waals surface area contributed by atoms with E-state index in [2.05, 4.69) is 10.1 Å². The number of aromatic nitrogens is 1. The van der Waals surface area contributed by atoms with Gasteiger partial charge < -0.3 is 14.6 Å². The number of likely N-dealkylation sites (tertiary alicyclic amines) is 1. The van der Waals surface area contributed by atoms with Gasteiger partial charge in [-0.15, -0.1) is 0 Å². The van der Waals surface area contributed by atoms with Gasteiger partial charge in [0.05, 0.1) is 23.0 Å². The number of piperidine rings is 1. The highest BCUT2D eigenvalue weighted by atomic mass is 35.5.